The lowest BCUT2D eigenvalue weighted by molar-refractivity contribution is -0.117. The summed E-state index contributed by atoms with van der Waals surface area (Å²) in [5.74, 6) is 0.878. The molecule has 1 N–H and O–H groups in total. The number of hydrogen-bond donors (Lipinski definition) is 1. The van der Waals surface area contributed by atoms with Gasteiger partial charge in [0.05, 0.1) is 24.6 Å². The summed E-state index contributed by atoms with van der Waals surface area (Å²) in [6, 6.07) is 4.57. The van der Waals surface area contributed by atoms with Crippen molar-refractivity contribution in [2.24, 2.45) is 0 Å². The van der Waals surface area contributed by atoms with Crippen LogP contribution in [0.15, 0.2) is 18.2 Å². The average molecular weight is 324 g/mol. The van der Waals surface area contributed by atoms with E-state index < -0.39 is 12.1 Å². The molecule has 0 aromatic heterocycles. The van der Waals surface area contributed by atoms with Crippen LogP contribution < -0.4 is 15.0 Å². The first-order valence-electron chi connectivity index (χ1n) is 6.95. The minimum absolute atomic E-state index is 0.215. The van der Waals surface area contributed by atoms with Gasteiger partial charge in [-0.2, -0.15) is 11.8 Å². The van der Waals surface area contributed by atoms with Crippen molar-refractivity contribution in [3.05, 3.63) is 18.2 Å². The van der Waals surface area contributed by atoms with Gasteiger partial charge in [-0.15, -0.1) is 0 Å². The topological polar surface area (TPSA) is 67.9 Å². The zero-order chi connectivity index (χ0) is 16.3. The fourth-order valence-corrected chi connectivity index (χ4v) is 2.85. The molecular weight excluding hydrogens is 304 g/mol. The van der Waals surface area contributed by atoms with Crippen LogP contribution in [-0.2, 0) is 9.53 Å². The van der Waals surface area contributed by atoms with Crippen molar-refractivity contribution in [1.82, 2.24) is 0 Å². The monoisotopic (exact) mass is 324 g/mol. The third-order valence-electron chi connectivity index (χ3n) is 3.19. The van der Waals surface area contributed by atoms with E-state index in [-0.39, 0.29) is 12.0 Å². The number of carbonyl (C=O) groups is 2. The molecule has 1 heterocycles. The van der Waals surface area contributed by atoms with Gasteiger partial charge in [0.15, 0.2) is 0 Å². The Kier molecular flexibility index (Phi) is 5.18. The zero-order valence-corrected chi connectivity index (χ0v) is 13.9. The molecule has 1 aromatic carbocycles. The van der Waals surface area contributed by atoms with Gasteiger partial charge in [-0.25, -0.2) is 4.79 Å². The minimum Gasteiger partial charge on any atom is -0.497 e. The molecule has 0 unspecified atom stereocenters. The third-order valence-corrected chi connectivity index (χ3v) is 3.84. The first kappa shape index (κ1) is 16.5. The highest BCUT2D eigenvalue weighted by Crippen LogP contribution is 2.36. The van der Waals surface area contributed by atoms with Gasteiger partial charge in [-0.1, -0.05) is 0 Å². The predicted molar refractivity (Wildman–Crippen MR) is 87.9 cm³/mol. The van der Waals surface area contributed by atoms with Crippen molar-refractivity contribution >= 4 is 35.1 Å². The van der Waals surface area contributed by atoms with Crippen LogP contribution in [-0.4, -0.2) is 43.3 Å². The molecule has 0 saturated carbocycles. The van der Waals surface area contributed by atoms with Gasteiger partial charge >= 0.3 is 6.09 Å². The molecule has 1 aliphatic rings. The standard InChI is InChI=1S/C15H20N2O4S/c1-9(2)21-15(19)17-12-7-10(20-3)5-6-11(12)16-14(18)13(17)8-22-4/h5-7,9,13H,8H2,1-4H3,(H,16,18)/t13-/m0/s1. The highest BCUT2D eigenvalue weighted by Gasteiger charge is 2.38. The van der Waals surface area contributed by atoms with E-state index in [0.717, 1.165) is 0 Å². The molecule has 0 saturated heterocycles. The number of carbonyl (C=O) groups excluding carboxylic acids is 2. The largest absolute Gasteiger partial charge is 0.497 e. The van der Waals surface area contributed by atoms with Crippen LogP contribution in [0.1, 0.15) is 13.8 Å². The van der Waals surface area contributed by atoms with Crippen LogP contribution >= 0.6 is 11.8 Å². The summed E-state index contributed by atoms with van der Waals surface area (Å²) in [5.41, 5.74) is 1.16. The number of methoxy groups -OCH3 is 1. The molecule has 22 heavy (non-hydrogen) atoms. The Balaban J connectivity index is 2.47. The molecule has 120 valence electrons. The minimum atomic E-state index is -0.610. The molecule has 6 nitrogen and oxygen atoms in total. The van der Waals surface area contributed by atoms with Crippen LogP contribution in [0.4, 0.5) is 16.2 Å². The Hall–Kier alpha value is -1.89. The first-order chi connectivity index (χ1) is 10.5. The molecule has 2 amide bonds. The summed E-state index contributed by atoms with van der Waals surface area (Å²) in [6.45, 7) is 3.55. The summed E-state index contributed by atoms with van der Waals surface area (Å²) in [6.07, 6.45) is 1.10. The number of thioether (sulfide) groups is 1. The van der Waals surface area contributed by atoms with Crippen molar-refractivity contribution in [2.75, 3.05) is 29.3 Å². The van der Waals surface area contributed by atoms with Gasteiger partial charge in [0.1, 0.15) is 11.8 Å². The Morgan fingerprint density at radius 2 is 2.18 bits per heavy atom. The summed E-state index contributed by atoms with van der Waals surface area (Å²) in [5, 5.41) is 2.83. The van der Waals surface area contributed by atoms with Crippen molar-refractivity contribution in [2.45, 2.75) is 26.0 Å². The van der Waals surface area contributed by atoms with Crippen LogP contribution in [0.2, 0.25) is 0 Å². The Labute approximate surface area is 134 Å². The molecular formula is C15H20N2O4S. The lowest BCUT2D eigenvalue weighted by atomic mass is 10.1. The Bertz CT molecular complexity index is 577. The van der Waals surface area contributed by atoms with E-state index in [9.17, 15) is 9.59 Å². The van der Waals surface area contributed by atoms with Crippen molar-refractivity contribution in [3.63, 3.8) is 0 Å². The van der Waals surface area contributed by atoms with E-state index in [2.05, 4.69) is 5.32 Å². The van der Waals surface area contributed by atoms with E-state index in [4.69, 9.17) is 9.47 Å². The van der Waals surface area contributed by atoms with E-state index in [1.54, 1.807) is 39.2 Å². The molecule has 1 aliphatic heterocycles. The van der Waals surface area contributed by atoms with Crippen LogP contribution in [0.5, 0.6) is 5.75 Å². The van der Waals surface area contributed by atoms with Gasteiger partial charge in [-0.05, 0) is 32.2 Å². The number of nitrogens with one attached hydrogen (secondary N) is 1. The number of benzene rings is 1. The van der Waals surface area contributed by atoms with Gasteiger partial charge in [0.2, 0.25) is 5.91 Å². The summed E-state index contributed by atoms with van der Waals surface area (Å²) in [7, 11) is 1.55. The molecule has 0 aliphatic carbocycles. The SMILES string of the molecule is COc1ccc2c(c1)N(C(=O)OC(C)C)[C@@H](CSC)C(=O)N2. The molecule has 7 heteroatoms. The van der Waals surface area contributed by atoms with E-state index in [1.165, 1.54) is 16.7 Å². The normalized spacial score (nSPS) is 17.0. The van der Waals surface area contributed by atoms with Gasteiger partial charge in [-0.3, -0.25) is 9.69 Å². The number of nitrogens with zero attached hydrogens (tertiary/aromatic N) is 1. The highest BCUT2D eigenvalue weighted by atomic mass is 32.2. The fourth-order valence-electron chi connectivity index (χ4n) is 2.24. The smallest absolute Gasteiger partial charge is 0.415 e. The molecule has 0 fully saturated rings. The van der Waals surface area contributed by atoms with E-state index in [0.29, 0.717) is 22.9 Å². The number of fused-ring (bicyclic) bond motifs is 1. The molecule has 0 bridgehead atoms. The number of anilines is 2. The molecule has 0 spiro atoms. The lowest BCUT2D eigenvalue weighted by Gasteiger charge is -2.35. The molecule has 1 aromatic rings. The average Bonchev–Trinajstić information content (AvgIpc) is 2.46. The molecule has 2 rings (SSSR count). The van der Waals surface area contributed by atoms with Crippen LogP contribution in [0.25, 0.3) is 0 Å². The van der Waals surface area contributed by atoms with Gasteiger partial charge in [0.25, 0.3) is 0 Å². The zero-order valence-electron chi connectivity index (χ0n) is 13.1. The second-order valence-corrected chi connectivity index (χ2v) is 6.06. The summed E-state index contributed by atoms with van der Waals surface area (Å²) >= 11 is 1.50. The number of hydrogen-bond acceptors (Lipinski definition) is 5. The fraction of sp³-hybridized carbons (Fsp3) is 0.467. The first-order valence-corrected chi connectivity index (χ1v) is 8.35. The molecule has 0 radical (unpaired) electrons. The Morgan fingerprint density at radius 1 is 1.45 bits per heavy atom. The van der Waals surface area contributed by atoms with Gasteiger partial charge in [0, 0.05) is 11.8 Å². The van der Waals surface area contributed by atoms with E-state index >= 15 is 0 Å². The number of amides is 2. The number of rotatable bonds is 4. The van der Waals surface area contributed by atoms with E-state index in [1.807, 2.05) is 6.26 Å². The maximum atomic E-state index is 12.5. The quantitative estimate of drug-likeness (QED) is 0.922. The molecule has 1 atom stereocenters. The number of ether oxygens (including phenoxy) is 2. The highest BCUT2D eigenvalue weighted by molar-refractivity contribution is 7.98. The van der Waals surface area contributed by atoms with Gasteiger partial charge < -0.3 is 14.8 Å². The Morgan fingerprint density at radius 3 is 2.77 bits per heavy atom. The second-order valence-electron chi connectivity index (χ2n) is 5.15. The predicted octanol–water partition coefficient (Wildman–Crippen LogP) is 2.73. The summed E-state index contributed by atoms with van der Waals surface area (Å²) in [4.78, 5) is 26.2. The second kappa shape index (κ2) is 6.91. The summed E-state index contributed by atoms with van der Waals surface area (Å²) < 4.78 is 10.5. The van der Waals surface area contributed by atoms with Crippen molar-refractivity contribution < 1.29 is 19.1 Å². The maximum Gasteiger partial charge on any atom is 0.415 e. The third kappa shape index (κ3) is 3.30. The maximum absolute atomic E-state index is 12.5. The van der Waals surface area contributed by atoms with Crippen LogP contribution in [0.3, 0.4) is 0 Å². The van der Waals surface area contributed by atoms with Crippen molar-refractivity contribution in [1.29, 1.82) is 0 Å². The van der Waals surface area contributed by atoms with Crippen LogP contribution in [0, 0.1) is 0 Å². The lowest BCUT2D eigenvalue weighted by Crippen LogP contribution is -2.53. The van der Waals surface area contributed by atoms with Crippen molar-refractivity contribution in [3.8, 4) is 5.75 Å².